The SMILES string of the molecule is CCN(CC)CCn1ccc2cc(NC(=O)Nc3cccc(N4CCOC4=O)c3)ccc21. The van der Waals surface area contributed by atoms with Crippen LogP contribution in [-0.2, 0) is 11.3 Å². The van der Waals surface area contributed by atoms with Crippen molar-refractivity contribution in [2.45, 2.75) is 20.4 Å². The maximum absolute atomic E-state index is 12.5. The van der Waals surface area contributed by atoms with Gasteiger partial charge in [0.1, 0.15) is 6.61 Å². The largest absolute Gasteiger partial charge is 0.447 e. The zero-order valence-electron chi connectivity index (χ0n) is 18.5. The zero-order chi connectivity index (χ0) is 22.5. The molecule has 8 heteroatoms. The number of anilines is 3. The predicted molar refractivity (Wildman–Crippen MR) is 128 cm³/mol. The number of benzene rings is 2. The molecule has 0 unspecified atom stereocenters. The smallest absolute Gasteiger partial charge is 0.414 e. The Bertz CT molecular complexity index is 1110. The maximum Gasteiger partial charge on any atom is 0.414 e. The van der Waals surface area contributed by atoms with Gasteiger partial charge < -0.3 is 24.8 Å². The molecule has 168 valence electrons. The minimum atomic E-state index is -0.371. The first-order chi connectivity index (χ1) is 15.6. The van der Waals surface area contributed by atoms with Gasteiger partial charge in [0.25, 0.3) is 0 Å². The first-order valence-electron chi connectivity index (χ1n) is 11.0. The van der Waals surface area contributed by atoms with Gasteiger partial charge in [-0.2, -0.15) is 0 Å². The number of amides is 3. The summed E-state index contributed by atoms with van der Waals surface area (Å²) in [6.45, 7) is 9.26. The van der Waals surface area contributed by atoms with Crippen molar-refractivity contribution in [1.82, 2.24) is 9.47 Å². The number of hydrogen-bond acceptors (Lipinski definition) is 4. The first kappa shape index (κ1) is 21.7. The molecule has 0 bridgehead atoms. The second-order valence-corrected chi connectivity index (χ2v) is 7.71. The van der Waals surface area contributed by atoms with Crippen LogP contribution in [-0.4, -0.2) is 54.4 Å². The molecule has 32 heavy (non-hydrogen) atoms. The van der Waals surface area contributed by atoms with Crippen LogP contribution in [0.15, 0.2) is 54.7 Å². The van der Waals surface area contributed by atoms with Crippen molar-refractivity contribution in [3.63, 3.8) is 0 Å². The van der Waals surface area contributed by atoms with Gasteiger partial charge >= 0.3 is 12.1 Å². The molecule has 0 spiro atoms. The predicted octanol–water partition coefficient (Wildman–Crippen LogP) is 4.58. The van der Waals surface area contributed by atoms with Gasteiger partial charge in [0, 0.05) is 47.3 Å². The Hall–Kier alpha value is -3.52. The van der Waals surface area contributed by atoms with E-state index >= 15 is 0 Å². The van der Waals surface area contributed by atoms with E-state index in [9.17, 15) is 9.59 Å². The number of hydrogen-bond donors (Lipinski definition) is 2. The lowest BCUT2D eigenvalue weighted by atomic mass is 10.2. The molecule has 2 N–H and O–H groups in total. The lowest BCUT2D eigenvalue weighted by molar-refractivity contribution is 0.181. The number of urea groups is 1. The summed E-state index contributed by atoms with van der Waals surface area (Å²) in [5.74, 6) is 0. The third-order valence-electron chi connectivity index (χ3n) is 5.76. The summed E-state index contributed by atoms with van der Waals surface area (Å²) < 4.78 is 7.22. The molecule has 1 aliphatic rings. The Labute approximate surface area is 187 Å². The van der Waals surface area contributed by atoms with E-state index < -0.39 is 0 Å². The standard InChI is InChI=1S/C24H29N5O3/c1-3-27(4-2)12-13-28-11-10-18-16-20(8-9-22(18)28)26-23(30)25-19-6-5-7-21(17-19)29-14-15-32-24(29)31/h5-11,16-17H,3-4,12-15H2,1-2H3,(H2,25,26,30). The van der Waals surface area contributed by atoms with Crippen molar-refractivity contribution in [2.24, 2.45) is 0 Å². The molecule has 1 fully saturated rings. The number of aromatic nitrogens is 1. The van der Waals surface area contributed by atoms with Gasteiger partial charge in [-0.1, -0.05) is 19.9 Å². The Morgan fingerprint density at radius 3 is 2.56 bits per heavy atom. The molecule has 2 heterocycles. The van der Waals surface area contributed by atoms with Crippen molar-refractivity contribution in [1.29, 1.82) is 0 Å². The van der Waals surface area contributed by atoms with Gasteiger partial charge in [-0.15, -0.1) is 0 Å². The van der Waals surface area contributed by atoms with Crippen LogP contribution in [0, 0.1) is 0 Å². The summed E-state index contributed by atoms with van der Waals surface area (Å²) >= 11 is 0. The second-order valence-electron chi connectivity index (χ2n) is 7.71. The Morgan fingerprint density at radius 1 is 1.06 bits per heavy atom. The number of nitrogens with zero attached hydrogens (tertiary/aromatic N) is 3. The molecule has 3 aromatic rings. The van der Waals surface area contributed by atoms with Gasteiger partial charge in [0.2, 0.25) is 0 Å². The van der Waals surface area contributed by atoms with Crippen LogP contribution < -0.4 is 15.5 Å². The fourth-order valence-corrected chi connectivity index (χ4v) is 3.93. The normalized spacial score (nSPS) is 13.6. The van der Waals surface area contributed by atoms with Gasteiger partial charge in [-0.05, 0) is 55.6 Å². The van der Waals surface area contributed by atoms with Crippen LogP contribution in [0.5, 0.6) is 0 Å². The number of likely N-dealkylation sites (N-methyl/N-ethyl adjacent to an activating group) is 1. The van der Waals surface area contributed by atoms with E-state index in [2.05, 4.69) is 46.2 Å². The van der Waals surface area contributed by atoms with Crippen LogP contribution in [0.3, 0.4) is 0 Å². The molecular weight excluding hydrogens is 406 g/mol. The maximum atomic E-state index is 12.5. The Morgan fingerprint density at radius 2 is 1.84 bits per heavy atom. The third-order valence-corrected chi connectivity index (χ3v) is 5.76. The molecule has 0 atom stereocenters. The quantitative estimate of drug-likeness (QED) is 0.543. The number of fused-ring (bicyclic) bond motifs is 1. The number of cyclic esters (lactones) is 1. The number of rotatable bonds is 8. The fraction of sp³-hybridized carbons (Fsp3) is 0.333. The number of carbonyl (C=O) groups is 2. The van der Waals surface area contributed by atoms with Crippen LogP contribution in [0.2, 0.25) is 0 Å². The molecule has 4 rings (SSSR count). The molecule has 3 amide bonds. The van der Waals surface area contributed by atoms with Gasteiger partial charge in [-0.25, -0.2) is 9.59 Å². The third kappa shape index (κ3) is 4.86. The van der Waals surface area contributed by atoms with Crippen LogP contribution >= 0.6 is 0 Å². The van der Waals surface area contributed by atoms with Crippen molar-refractivity contribution in [3.8, 4) is 0 Å². The van der Waals surface area contributed by atoms with E-state index in [0.29, 0.717) is 24.5 Å². The monoisotopic (exact) mass is 435 g/mol. The highest BCUT2D eigenvalue weighted by Gasteiger charge is 2.23. The highest BCUT2D eigenvalue weighted by Crippen LogP contribution is 2.24. The lowest BCUT2D eigenvalue weighted by Gasteiger charge is -2.18. The van der Waals surface area contributed by atoms with E-state index in [0.717, 1.165) is 42.8 Å². The molecule has 2 aromatic carbocycles. The van der Waals surface area contributed by atoms with Crippen molar-refractivity contribution in [2.75, 3.05) is 48.3 Å². The fourth-order valence-electron chi connectivity index (χ4n) is 3.93. The minimum Gasteiger partial charge on any atom is -0.447 e. The van der Waals surface area contributed by atoms with Gasteiger partial charge in [0.15, 0.2) is 0 Å². The molecule has 1 aromatic heterocycles. The molecule has 0 aliphatic carbocycles. The molecule has 0 saturated carbocycles. The van der Waals surface area contributed by atoms with Crippen molar-refractivity contribution >= 4 is 40.1 Å². The summed E-state index contributed by atoms with van der Waals surface area (Å²) in [6.07, 6.45) is 1.72. The van der Waals surface area contributed by atoms with E-state index in [1.807, 2.05) is 24.3 Å². The highest BCUT2D eigenvalue weighted by atomic mass is 16.6. The Balaban J connectivity index is 1.39. The Kier molecular flexibility index (Phi) is 6.61. The van der Waals surface area contributed by atoms with E-state index in [1.165, 1.54) is 0 Å². The van der Waals surface area contributed by atoms with Gasteiger partial charge in [-0.3, -0.25) is 4.90 Å². The molecule has 1 aliphatic heterocycles. The van der Waals surface area contributed by atoms with E-state index in [-0.39, 0.29) is 12.1 Å². The highest BCUT2D eigenvalue weighted by molar-refractivity contribution is 6.01. The van der Waals surface area contributed by atoms with Crippen molar-refractivity contribution < 1.29 is 14.3 Å². The average Bonchev–Trinajstić information content (AvgIpc) is 3.40. The second kappa shape index (κ2) is 9.74. The molecule has 1 saturated heterocycles. The number of carbonyl (C=O) groups excluding carboxylic acids is 2. The minimum absolute atomic E-state index is 0.341. The number of ether oxygens (including phenoxy) is 1. The topological polar surface area (TPSA) is 78.8 Å². The van der Waals surface area contributed by atoms with E-state index in [1.54, 1.807) is 23.1 Å². The average molecular weight is 436 g/mol. The van der Waals surface area contributed by atoms with Crippen LogP contribution in [0.25, 0.3) is 10.9 Å². The van der Waals surface area contributed by atoms with Crippen LogP contribution in [0.1, 0.15) is 13.8 Å². The molecule has 0 radical (unpaired) electrons. The van der Waals surface area contributed by atoms with Crippen molar-refractivity contribution in [3.05, 3.63) is 54.7 Å². The summed E-state index contributed by atoms with van der Waals surface area (Å²) in [5, 5.41) is 6.79. The lowest BCUT2D eigenvalue weighted by Crippen LogP contribution is -2.26. The van der Waals surface area contributed by atoms with E-state index in [4.69, 9.17) is 4.74 Å². The summed E-state index contributed by atoms with van der Waals surface area (Å²) in [6, 6.07) is 14.8. The number of nitrogens with one attached hydrogen (secondary N) is 2. The first-order valence-corrected chi connectivity index (χ1v) is 11.0. The summed E-state index contributed by atoms with van der Waals surface area (Å²) in [7, 11) is 0. The summed E-state index contributed by atoms with van der Waals surface area (Å²) in [4.78, 5) is 28.2. The van der Waals surface area contributed by atoms with Gasteiger partial charge in [0.05, 0.1) is 6.54 Å². The zero-order valence-corrected chi connectivity index (χ0v) is 18.5. The molecule has 8 nitrogen and oxygen atoms in total. The summed E-state index contributed by atoms with van der Waals surface area (Å²) in [5.41, 5.74) is 3.16. The molecular formula is C24H29N5O3. The van der Waals surface area contributed by atoms with Crippen LogP contribution in [0.4, 0.5) is 26.7 Å².